The zero-order valence-corrected chi connectivity index (χ0v) is 11.8. The number of rotatable bonds is 2. The van der Waals surface area contributed by atoms with Crippen molar-refractivity contribution in [3.8, 4) is 0 Å². The lowest BCUT2D eigenvalue weighted by Crippen LogP contribution is -2.41. The van der Waals surface area contributed by atoms with Gasteiger partial charge in [0.2, 0.25) is 5.65 Å². The van der Waals surface area contributed by atoms with E-state index in [-0.39, 0.29) is 0 Å². The minimum absolute atomic E-state index is 0.492. The van der Waals surface area contributed by atoms with Gasteiger partial charge in [0.25, 0.3) is 0 Å². The Morgan fingerprint density at radius 1 is 1.20 bits per heavy atom. The molecular formula is C14H20N6. The topological polar surface area (TPSA) is 58.4 Å². The van der Waals surface area contributed by atoms with Crippen molar-refractivity contribution < 1.29 is 0 Å². The van der Waals surface area contributed by atoms with Gasteiger partial charge >= 0.3 is 0 Å². The Morgan fingerprint density at radius 2 is 2.15 bits per heavy atom. The van der Waals surface area contributed by atoms with Crippen molar-refractivity contribution in [3.63, 3.8) is 0 Å². The van der Waals surface area contributed by atoms with Gasteiger partial charge in [0.1, 0.15) is 5.82 Å². The Balaban J connectivity index is 1.61. The maximum Gasteiger partial charge on any atom is 0.203 e. The molecule has 0 amide bonds. The Hall–Kier alpha value is -1.69. The largest absolute Gasteiger partial charge is 0.363 e. The van der Waals surface area contributed by atoms with Crippen LogP contribution in [-0.4, -0.2) is 49.7 Å². The third kappa shape index (κ3) is 1.86. The van der Waals surface area contributed by atoms with Gasteiger partial charge in [0, 0.05) is 31.0 Å². The molecule has 6 nitrogen and oxygen atoms in total. The molecule has 0 spiro atoms. The summed E-state index contributed by atoms with van der Waals surface area (Å²) in [5, 5.41) is 12.0. The normalized spacial score (nSPS) is 26.9. The summed E-state index contributed by atoms with van der Waals surface area (Å²) in [4.78, 5) is 7.09. The quantitative estimate of drug-likeness (QED) is 0.897. The number of anilines is 1. The number of hydrogen-bond donors (Lipinski definition) is 1. The fraction of sp³-hybridized carbons (Fsp3) is 0.643. The van der Waals surface area contributed by atoms with Gasteiger partial charge in [-0.25, -0.2) is 4.98 Å². The van der Waals surface area contributed by atoms with Crippen molar-refractivity contribution >= 4 is 11.5 Å². The molecule has 0 radical (unpaired) electrons. The van der Waals surface area contributed by atoms with E-state index in [1.54, 1.807) is 0 Å². The Bertz CT molecular complexity index is 621. The third-order valence-electron chi connectivity index (χ3n) is 4.68. The Labute approximate surface area is 118 Å². The summed E-state index contributed by atoms with van der Waals surface area (Å²) in [5.74, 6) is 1.77. The molecule has 2 aromatic rings. The van der Waals surface area contributed by atoms with Crippen LogP contribution in [0.25, 0.3) is 5.65 Å². The van der Waals surface area contributed by atoms with E-state index in [1.165, 1.54) is 38.8 Å². The average Bonchev–Trinajstić information content (AvgIpc) is 3.05. The van der Waals surface area contributed by atoms with Crippen molar-refractivity contribution in [2.45, 2.75) is 44.7 Å². The SMILES string of the molecule is Cc1nnc2c(NC3CCN4CCCCC34)nccn12. The molecule has 2 aromatic heterocycles. The van der Waals surface area contributed by atoms with Crippen LogP contribution in [0.3, 0.4) is 0 Å². The summed E-state index contributed by atoms with van der Waals surface area (Å²) in [6.07, 6.45) is 8.92. The minimum atomic E-state index is 0.492. The second-order valence-electron chi connectivity index (χ2n) is 5.86. The van der Waals surface area contributed by atoms with E-state index in [9.17, 15) is 0 Å². The average molecular weight is 272 g/mol. The predicted molar refractivity (Wildman–Crippen MR) is 76.8 cm³/mol. The zero-order valence-electron chi connectivity index (χ0n) is 11.8. The van der Waals surface area contributed by atoms with Crippen molar-refractivity contribution in [2.75, 3.05) is 18.4 Å². The van der Waals surface area contributed by atoms with Crippen LogP contribution in [-0.2, 0) is 0 Å². The highest BCUT2D eigenvalue weighted by molar-refractivity contribution is 5.62. The zero-order chi connectivity index (χ0) is 13.5. The number of piperidine rings is 1. The maximum atomic E-state index is 4.47. The van der Waals surface area contributed by atoms with Crippen molar-refractivity contribution in [1.82, 2.24) is 24.5 Å². The van der Waals surface area contributed by atoms with E-state index in [0.717, 1.165) is 17.3 Å². The van der Waals surface area contributed by atoms with Gasteiger partial charge in [-0.2, -0.15) is 0 Å². The highest BCUT2D eigenvalue weighted by Crippen LogP contribution is 2.29. The number of fused-ring (bicyclic) bond motifs is 2. The van der Waals surface area contributed by atoms with Gasteiger partial charge in [-0.3, -0.25) is 9.30 Å². The molecule has 2 aliphatic heterocycles. The maximum absolute atomic E-state index is 4.47. The molecule has 0 aliphatic carbocycles. The monoisotopic (exact) mass is 272 g/mol. The van der Waals surface area contributed by atoms with E-state index in [4.69, 9.17) is 0 Å². The second-order valence-corrected chi connectivity index (χ2v) is 5.86. The number of nitrogens with zero attached hydrogens (tertiary/aromatic N) is 5. The lowest BCUT2D eigenvalue weighted by atomic mass is 9.99. The second kappa shape index (κ2) is 4.70. The van der Waals surface area contributed by atoms with Crippen LogP contribution in [0.4, 0.5) is 5.82 Å². The van der Waals surface area contributed by atoms with E-state index < -0.39 is 0 Å². The summed E-state index contributed by atoms with van der Waals surface area (Å²) < 4.78 is 1.99. The van der Waals surface area contributed by atoms with E-state index in [1.807, 2.05) is 23.7 Å². The van der Waals surface area contributed by atoms with Gasteiger partial charge in [-0.1, -0.05) is 6.42 Å². The molecule has 4 rings (SSSR count). The van der Waals surface area contributed by atoms with Gasteiger partial charge in [-0.05, 0) is 32.7 Å². The third-order valence-corrected chi connectivity index (χ3v) is 4.68. The summed E-state index contributed by atoms with van der Waals surface area (Å²) in [7, 11) is 0. The fourth-order valence-corrected chi connectivity index (χ4v) is 3.63. The first kappa shape index (κ1) is 12.1. The van der Waals surface area contributed by atoms with Crippen LogP contribution in [0.2, 0.25) is 0 Å². The van der Waals surface area contributed by atoms with E-state index >= 15 is 0 Å². The molecule has 0 saturated carbocycles. The molecule has 2 atom stereocenters. The standard InChI is InChI=1S/C14H20N6/c1-10-17-18-14-13(15-6-9-20(10)14)16-11-5-8-19-7-3-2-4-12(11)19/h6,9,11-12H,2-5,7-8H2,1H3,(H,15,16). The molecule has 0 bridgehead atoms. The van der Waals surface area contributed by atoms with Gasteiger partial charge in [0.15, 0.2) is 5.82 Å². The van der Waals surface area contributed by atoms with Crippen molar-refractivity contribution in [1.29, 1.82) is 0 Å². The number of aromatic nitrogens is 4. The lowest BCUT2D eigenvalue weighted by molar-refractivity contribution is 0.192. The molecule has 2 aliphatic rings. The summed E-state index contributed by atoms with van der Waals surface area (Å²) >= 11 is 0. The first-order valence-corrected chi connectivity index (χ1v) is 7.50. The van der Waals surface area contributed by atoms with Gasteiger partial charge in [0.05, 0.1) is 0 Å². The van der Waals surface area contributed by atoms with Crippen LogP contribution < -0.4 is 5.32 Å². The van der Waals surface area contributed by atoms with Crippen LogP contribution in [0.1, 0.15) is 31.5 Å². The molecule has 106 valence electrons. The van der Waals surface area contributed by atoms with Crippen molar-refractivity contribution in [2.24, 2.45) is 0 Å². The molecule has 2 unspecified atom stereocenters. The van der Waals surface area contributed by atoms with Gasteiger partial charge in [-0.15, -0.1) is 10.2 Å². The molecule has 2 saturated heterocycles. The number of hydrogen-bond acceptors (Lipinski definition) is 5. The first-order chi connectivity index (χ1) is 9.83. The Kier molecular flexibility index (Phi) is 2.84. The van der Waals surface area contributed by atoms with E-state index in [2.05, 4.69) is 25.4 Å². The summed E-state index contributed by atoms with van der Waals surface area (Å²) in [6, 6.07) is 1.15. The Morgan fingerprint density at radius 3 is 3.10 bits per heavy atom. The molecular weight excluding hydrogens is 252 g/mol. The lowest BCUT2D eigenvalue weighted by Gasteiger charge is -2.32. The smallest absolute Gasteiger partial charge is 0.203 e. The van der Waals surface area contributed by atoms with Crippen LogP contribution in [0, 0.1) is 6.92 Å². The highest BCUT2D eigenvalue weighted by atomic mass is 15.3. The first-order valence-electron chi connectivity index (χ1n) is 7.50. The molecule has 4 heterocycles. The fourth-order valence-electron chi connectivity index (χ4n) is 3.63. The number of aryl methyl sites for hydroxylation is 1. The number of nitrogens with one attached hydrogen (secondary N) is 1. The molecule has 2 fully saturated rings. The van der Waals surface area contributed by atoms with Crippen molar-refractivity contribution in [3.05, 3.63) is 18.2 Å². The molecule has 1 N–H and O–H groups in total. The summed E-state index contributed by atoms with van der Waals surface area (Å²) in [5.41, 5.74) is 0.833. The molecule has 6 heteroatoms. The van der Waals surface area contributed by atoms with Gasteiger partial charge < -0.3 is 5.32 Å². The van der Waals surface area contributed by atoms with Crippen LogP contribution in [0.5, 0.6) is 0 Å². The molecule has 20 heavy (non-hydrogen) atoms. The van der Waals surface area contributed by atoms with Crippen LogP contribution >= 0.6 is 0 Å². The highest BCUT2D eigenvalue weighted by Gasteiger charge is 2.35. The summed E-state index contributed by atoms with van der Waals surface area (Å²) in [6.45, 7) is 4.42. The molecule has 0 aromatic carbocycles. The van der Waals surface area contributed by atoms with E-state index in [0.29, 0.717) is 12.1 Å². The predicted octanol–water partition coefficient (Wildman–Crippen LogP) is 1.47. The van der Waals surface area contributed by atoms with Crippen LogP contribution in [0.15, 0.2) is 12.4 Å². The minimum Gasteiger partial charge on any atom is -0.363 e.